The van der Waals surface area contributed by atoms with Crippen molar-refractivity contribution in [3.8, 4) is 11.3 Å². The first-order valence-corrected chi connectivity index (χ1v) is 10.2. The summed E-state index contributed by atoms with van der Waals surface area (Å²) in [5.41, 5.74) is 6.99. The standard InChI is InChI=1S/C22H23ClN4/c1-13-9-16(14-4-5-14)10-17(23)21(13)18-6-7-19-22(26-18)27-20(12-25-19)15-3-2-8-24-11-15/h6-7,9-10,12,14-15,24H,2-5,8,11H2,1H3/t15-/m1/s1. The first-order chi connectivity index (χ1) is 13.2. The second-order valence-corrected chi connectivity index (χ2v) is 8.25. The number of hydrogen-bond donors (Lipinski definition) is 1. The van der Waals surface area contributed by atoms with Crippen LogP contribution in [-0.2, 0) is 0 Å². The van der Waals surface area contributed by atoms with Gasteiger partial charge in [-0.2, -0.15) is 0 Å². The Morgan fingerprint density at radius 1 is 1.07 bits per heavy atom. The van der Waals surface area contributed by atoms with Crippen LogP contribution >= 0.6 is 11.6 Å². The minimum Gasteiger partial charge on any atom is -0.316 e. The van der Waals surface area contributed by atoms with E-state index in [1.807, 2.05) is 18.3 Å². The van der Waals surface area contributed by atoms with E-state index in [9.17, 15) is 0 Å². The number of aryl methyl sites for hydroxylation is 1. The van der Waals surface area contributed by atoms with Crippen LogP contribution in [-0.4, -0.2) is 28.0 Å². The third kappa shape index (κ3) is 3.32. The Morgan fingerprint density at radius 3 is 2.70 bits per heavy atom. The number of hydrogen-bond acceptors (Lipinski definition) is 4. The van der Waals surface area contributed by atoms with Crippen molar-refractivity contribution < 1.29 is 0 Å². The molecule has 0 unspecified atom stereocenters. The summed E-state index contributed by atoms with van der Waals surface area (Å²) in [5.74, 6) is 1.11. The van der Waals surface area contributed by atoms with Crippen molar-refractivity contribution in [3.05, 3.63) is 52.3 Å². The molecule has 1 aliphatic heterocycles. The molecule has 0 radical (unpaired) electrons. The summed E-state index contributed by atoms with van der Waals surface area (Å²) < 4.78 is 0. The maximum absolute atomic E-state index is 6.66. The molecule has 27 heavy (non-hydrogen) atoms. The molecule has 4 nitrogen and oxygen atoms in total. The second kappa shape index (κ2) is 6.84. The lowest BCUT2D eigenvalue weighted by Crippen LogP contribution is -2.28. The fourth-order valence-electron chi connectivity index (χ4n) is 4.10. The Hall–Kier alpha value is -2.04. The molecule has 1 saturated carbocycles. The zero-order valence-corrected chi connectivity index (χ0v) is 16.3. The smallest absolute Gasteiger partial charge is 0.179 e. The van der Waals surface area contributed by atoms with Crippen LogP contribution in [0.2, 0.25) is 5.02 Å². The Kier molecular flexibility index (Phi) is 4.33. The Morgan fingerprint density at radius 2 is 1.96 bits per heavy atom. The van der Waals surface area contributed by atoms with Gasteiger partial charge in [-0.3, -0.25) is 4.98 Å². The monoisotopic (exact) mass is 378 g/mol. The van der Waals surface area contributed by atoms with Crippen molar-refractivity contribution in [2.75, 3.05) is 13.1 Å². The maximum Gasteiger partial charge on any atom is 0.179 e. The molecular weight excluding hydrogens is 356 g/mol. The molecule has 0 amide bonds. The van der Waals surface area contributed by atoms with Crippen LogP contribution in [0.15, 0.2) is 30.5 Å². The minimum absolute atomic E-state index is 0.421. The van der Waals surface area contributed by atoms with E-state index in [1.54, 1.807) is 0 Å². The van der Waals surface area contributed by atoms with Gasteiger partial charge in [0.2, 0.25) is 0 Å². The number of nitrogens with one attached hydrogen (secondary N) is 1. The van der Waals surface area contributed by atoms with Crippen molar-refractivity contribution >= 4 is 22.8 Å². The molecular formula is C22H23ClN4. The van der Waals surface area contributed by atoms with Crippen molar-refractivity contribution in [2.24, 2.45) is 0 Å². The van der Waals surface area contributed by atoms with Crippen LogP contribution in [0.4, 0.5) is 0 Å². The van der Waals surface area contributed by atoms with E-state index >= 15 is 0 Å². The molecule has 0 spiro atoms. The van der Waals surface area contributed by atoms with Crippen LogP contribution in [0, 0.1) is 6.92 Å². The molecule has 5 rings (SSSR count). The molecule has 3 aromatic rings. The van der Waals surface area contributed by atoms with E-state index in [4.69, 9.17) is 21.6 Å². The van der Waals surface area contributed by atoms with Crippen LogP contribution < -0.4 is 5.32 Å². The van der Waals surface area contributed by atoms with Gasteiger partial charge in [-0.05, 0) is 74.4 Å². The summed E-state index contributed by atoms with van der Waals surface area (Å²) >= 11 is 6.66. The molecule has 138 valence electrons. The van der Waals surface area contributed by atoms with Gasteiger partial charge in [0.25, 0.3) is 0 Å². The topological polar surface area (TPSA) is 50.7 Å². The summed E-state index contributed by atoms with van der Waals surface area (Å²) in [5, 5.41) is 4.23. The fraction of sp³-hybridized carbons (Fsp3) is 0.409. The molecule has 5 heteroatoms. The Bertz CT molecular complexity index is 983. The number of fused-ring (bicyclic) bond motifs is 1. The Labute approximate surface area is 164 Å². The third-order valence-electron chi connectivity index (χ3n) is 5.76. The van der Waals surface area contributed by atoms with Gasteiger partial charge >= 0.3 is 0 Å². The molecule has 1 N–H and O–H groups in total. The number of nitrogens with zero attached hydrogens (tertiary/aromatic N) is 3. The minimum atomic E-state index is 0.421. The van der Waals surface area contributed by atoms with Crippen LogP contribution in [0.1, 0.15) is 54.3 Å². The molecule has 2 aromatic heterocycles. The van der Waals surface area contributed by atoms with Crippen molar-refractivity contribution in [3.63, 3.8) is 0 Å². The molecule has 1 aliphatic carbocycles. The average Bonchev–Trinajstić information content (AvgIpc) is 3.53. The van der Waals surface area contributed by atoms with Crippen molar-refractivity contribution in [2.45, 2.75) is 44.4 Å². The normalized spacial score (nSPS) is 20.1. The van der Waals surface area contributed by atoms with E-state index in [1.165, 1.54) is 30.4 Å². The van der Waals surface area contributed by atoms with E-state index in [0.717, 1.165) is 47.0 Å². The zero-order chi connectivity index (χ0) is 18.4. The van der Waals surface area contributed by atoms with Gasteiger partial charge < -0.3 is 5.32 Å². The van der Waals surface area contributed by atoms with Gasteiger partial charge in [0.1, 0.15) is 5.52 Å². The van der Waals surface area contributed by atoms with Gasteiger partial charge in [0.15, 0.2) is 5.65 Å². The summed E-state index contributed by atoms with van der Waals surface area (Å²) in [4.78, 5) is 14.3. The maximum atomic E-state index is 6.66. The molecule has 1 atom stereocenters. The largest absolute Gasteiger partial charge is 0.316 e. The van der Waals surface area contributed by atoms with Gasteiger partial charge in [-0.25, -0.2) is 9.97 Å². The average molecular weight is 379 g/mol. The number of pyridine rings is 1. The number of aromatic nitrogens is 3. The third-order valence-corrected chi connectivity index (χ3v) is 6.05. The lowest BCUT2D eigenvalue weighted by Gasteiger charge is -2.22. The van der Waals surface area contributed by atoms with E-state index in [2.05, 4.69) is 29.4 Å². The van der Waals surface area contributed by atoms with E-state index < -0.39 is 0 Å². The van der Waals surface area contributed by atoms with Gasteiger partial charge in [0, 0.05) is 24.2 Å². The van der Waals surface area contributed by atoms with Crippen LogP contribution in [0.3, 0.4) is 0 Å². The number of benzene rings is 1. The van der Waals surface area contributed by atoms with E-state index in [0.29, 0.717) is 17.5 Å². The number of halogens is 1. The first-order valence-electron chi connectivity index (χ1n) is 9.84. The fourth-order valence-corrected chi connectivity index (χ4v) is 4.47. The summed E-state index contributed by atoms with van der Waals surface area (Å²) in [6, 6.07) is 8.38. The van der Waals surface area contributed by atoms with Crippen LogP contribution in [0.25, 0.3) is 22.4 Å². The quantitative estimate of drug-likeness (QED) is 0.696. The van der Waals surface area contributed by atoms with Crippen molar-refractivity contribution in [1.82, 2.24) is 20.3 Å². The summed E-state index contributed by atoms with van der Waals surface area (Å²) in [6.45, 7) is 4.18. The van der Waals surface area contributed by atoms with Gasteiger partial charge in [-0.1, -0.05) is 17.7 Å². The molecule has 3 heterocycles. The predicted molar refractivity (Wildman–Crippen MR) is 109 cm³/mol. The van der Waals surface area contributed by atoms with Crippen molar-refractivity contribution in [1.29, 1.82) is 0 Å². The van der Waals surface area contributed by atoms with Gasteiger partial charge in [0.05, 0.1) is 16.4 Å². The highest BCUT2D eigenvalue weighted by Crippen LogP contribution is 2.43. The summed E-state index contributed by atoms with van der Waals surface area (Å²) in [6.07, 6.45) is 6.79. The second-order valence-electron chi connectivity index (χ2n) is 7.85. The van der Waals surface area contributed by atoms with E-state index in [-0.39, 0.29) is 0 Å². The predicted octanol–water partition coefficient (Wildman–Crippen LogP) is 5.00. The molecule has 0 bridgehead atoms. The Balaban J connectivity index is 1.55. The summed E-state index contributed by atoms with van der Waals surface area (Å²) in [7, 11) is 0. The zero-order valence-electron chi connectivity index (χ0n) is 15.5. The number of piperidine rings is 1. The highest BCUT2D eigenvalue weighted by Gasteiger charge is 2.25. The molecule has 1 saturated heterocycles. The molecule has 2 fully saturated rings. The SMILES string of the molecule is Cc1cc(C2CC2)cc(Cl)c1-c1ccc2ncc([C@@H]3CCCNC3)nc2n1. The van der Waals surface area contributed by atoms with Crippen LogP contribution in [0.5, 0.6) is 0 Å². The number of rotatable bonds is 3. The molecule has 1 aromatic carbocycles. The van der Waals surface area contributed by atoms with Gasteiger partial charge in [-0.15, -0.1) is 0 Å². The lowest BCUT2D eigenvalue weighted by molar-refractivity contribution is 0.454. The lowest BCUT2D eigenvalue weighted by atomic mass is 9.96. The molecule has 2 aliphatic rings. The highest BCUT2D eigenvalue weighted by atomic mass is 35.5. The first kappa shape index (κ1) is 17.1. The highest BCUT2D eigenvalue weighted by molar-refractivity contribution is 6.33.